The zero-order valence-electron chi connectivity index (χ0n) is 21.4. The van der Waals surface area contributed by atoms with Gasteiger partial charge in [0, 0.05) is 18.2 Å². The minimum absolute atomic E-state index is 0.00467. The first kappa shape index (κ1) is 25.6. The van der Waals surface area contributed by atoms with E-state index in [0.717, 1.165) is 43.7 Å². The van der Waals surface area contributed by atoms with E-state index < -0.39 is 0 Å². The van der Waals surface area contributed by atoms with Gasteiger partial charge in [0.1, 0.15) is 11.9 Å². The number of amides is 1. The molecule has 0 aliphatic carbocycles. The smallest absolute Gasteiger partial charge is 0.226 e. The van der Waals surface area contributed by atoms with Crippen molar-refractivity contribution >= 4 is 17.4 Å². The Kier molecular flexibility index (Phi) is 8.55. The summed E-state index contributed by atoms with van der Waals surface area (Å²) in [4.78, 5) is 26.7. The Morgan fingerprint density at radius 2 is 1.64 bits per heavy atom. The van der Waals surface area contributed by atoms with Crippen LogP contribution in [0.5, 0.6) is 5.75 Å². The number of ether oxygens (including phenoxy) is 1. The maximum Gasteiger partial charge on any atom is 0.226 e. The highest BCUT2D eigenvalue weighted by molar-refractivity contribution is 5.96. The van der Waals surface area contributed by atoms with E-state index in [9.17, 15) is 9.59 Å². The summed E-state index contributed by atoms with van der Waals surface area (Å²) in [7, 11) is 0. The van der Waals surface area contributed by atoms with Gasteiger partial charge in [-0.3, -0.25) is 14.5 Å². The first-order chi connectivity index (χ1) is 17.4. The number of nitrogens with zero attached hydrogens (tertiary/aromatic N) is 1. The number of carbonyl (C=O) groups excluding carboxylic acids is 2. The molecule has 1 saturated heterocycles. The van der Waals surface area contributed by atoms with Crippen molar-refractivity contribution in [2.24, 2.45) is 5.92 Å². The fraction of sp³-hybridized carbons (Fsp3) is 0.355. The van der Waals surface area contributed by atoms with Gasteiger partial charge in [0.25, 0.3) is 0 Å². The largest absolute Gasteiger partial charge is 0.484 e. The number of para-hydroxylation sites is 1. The molecule has 1 atom stereocenters. The predicted molar refractivity (Wildman–Crippen MR) is 145 cm³/mol. The number of hydrogen-bond acceptors (Lipinski definition) is 4. The lowest BCUT2D eigenvalue weighted by molar-refractivity contribution is -0.118. The molecule has 0 saturated carbocycles. The van der Waals surface area contributed by atoms with Crippen LogP contribution in [0.15, 0.2) is 78.9 Å². The molecular formula is C31H36N2O3. The van der Waals surface area contributed by atoms with Crippen molar-refractivity contribution in [2.75, 3.05) is 25.0 Å². The summed E-state index contributed by atoms with van der Waals surface area (Å²) in [6.07, 6.45) is 1.93. The summed E-state index contributed by atoms with van der Waals surface area (Å²) in [5, 5.41) is 3.02. The Balaban J connectivity index is 1.43. The summed E-state index contributed by atoms with van der Waals surface area (Å²) in [5.74, 6) is 1.10. The van der Waals surface area contributed by atoms with Crippen LogP contribution >= 0.6 is 0 Å². The van der Waals surface area contributed by atoms with Gasteiger partial charge >= 0.3 is 0 Å². The average molecular weight is 485 g/mol. The summed E-state index contributed by atoms with van der Waals surface area (Å²) < 4.78 is 6.48. The highest BCUT2D eigenvalue weighted by Gasteiger charge is 2.25. The fourth-order valence-electron chi connectivity index (χ4n) is 4.73. The molecule has 1 N–H and O–H groups in total. The standard InChI is InChI=1S/C31H36N2O3/c1-22(2)31(35)32-27-13-9-12-26(20-27)24-16-18-33(19-17-24)21-30(25-10-5-4-6-11-25)36-29-15-8-7-14-28(29)23(3)34/h4-15,20,22,24,30H,16-19,21H2,1-3H3,(H,32,35). The molecule has 1 unspecified atom stereocenters. The van der Waals surface area contributed by atoms with Gasteiger partial charge in [-0.1, -0.05) is 68.4 Å². The molecule has 1 aliphatic rings. The van der Waals surface area contributed by atoms with Gasteiger partial charge < -0.3 is 10.1 Å². The van der Waals surface area contributed by atoms with Gasteiger partial charge in [0.05, 0.1) is 5.56 Å². The molecule has 0 bridgehead atoms. The van der Waals surface area contributed by atoms with Crippen LogP contribution in [0.25, 0.3) is 0 Å². The third-order valence-corrected chi connectivity index (χ3v) is 6.87. The number of piperidine rings is 1. The number of anilines is 1. The summed E-state index contributed by atoms with van der Waals surface area (Å²) in [6, 6.07) is 26.0. The minimum Gasteiger partial charge on any atom is -0.484 e. The van der Waals surface area contributed by atoms with E-state index in [2.05, 4.69) is 34.5 Å². The van der Waals surface area contributed by atoms with Crippen LogP contribution < -0.4 is 10.1 Å². The van der Waals surface area contributed by atoms with E-state index in [1.807, 2.05) is 68.4 Å². The highest BCUT2D eigenvalue weighted by Crippen LogP contribution is 2.32. The van der Waals surface area contributed by atoms with E-state index in [4.69, 9.17) is 4.74 Å². The lowest BCUT2D eigenvalue weighted by atomic mass is 9.89. The van der Waals surface area contributed by atoms with E-state index in [1.54, 1.807) is 6.92 Å². The van der Waals surface area contributed by atoms with Crippen LogP contribution in [0.4, 0.5) is 5.69 Å². The monoisotopic (exact) mass is 484 g/mol. The van der Waals surface area contributed by atoms with E-state index in [1.165, 1.54) is 5.56 Å². The van der Waals surface area contributed by atoms with E-state index >= 15 is 0 Å². The van der Waals surface area contributed by atoms with Crippen molar-refractivity contribution in [3.8, 4) is 5.75 Å². The Morgan fingerprint density at radius 3 is 2.33 bits per heavy atom. The van der Waals surface area contributed by atoms with Crippen LogP contribution in [0, 0.1) is 5.92 Å². The molecule has 5 heteroatoms. The maximum absolute atomic E-state index is 12.1. The predicted octanol–water partition coefficient (Wildman–Crippen LogP) is 6.48. The topological polar surface area (TPSA) is 58.6 Å². The lowest BCUT2D eigenvalue weighted by Crippen LogP contribution is -2.37. The molecular weight excluding hydrogens is 448 g/mol. The van der Waals surface area contributed by atoms with Crippen LogP contribution in [-0.4, -0.2) is 36.2 Å². The summed E-state index contributed by atoms with van der Waals surface area (Å²) in [5.41, 5.74) is 3.87. The van der Waals surface area contributed by atoms with Crippen molar-refractivity contribution in [1.29, 1.82) is 0 Å². The summed E-state index contributed by atoms with van der Waals surface area (Å²) >= 11 is 0. The molecule has 3 aromatic carbocycles. The van der Waals surface area contributed by atoms with Gasteiger partial charge in [0.2, 0.25) is 5.91 Å². The van der Waals surface area contributed by atoms with Gasteiger partial charge in [-0.05, 0) is 74.2 Å². The zero-order valence-corrected chi connectivity index (χ0v) is 21.4. The van der Waals surface area contributed by atoms with Crippen molar-refractivity contribution in [1.82, 2.24) is 4.90 Å². The van der Waals surface area contributed by atoms with Crippen molar-refractivity contribution in [3.63, 3.8) is 0 Å². The van der Waals surface area contributed by atoms with Gasteiger partial charge in [-0.2, -0.15) is 0 Å². The second kappa shape index (κ2) is 12.0. The number of carbonyl (C=O) groups is 2. The Labute approximate surface area is 214 Å². The molecule has 36 heavy (non-hydrogen) atoms. The SMILES string of the molecule is CC(=O)c1ccccc1OC(CN1CCC(c2cccc(NC(=O)C(C)C)c2)CC1)c1ccccc1. The molecule has 1 aliphatic heterocycles. The number of Topliss-reactive ketones (excluding diaryl/α,β-unsaturated/α-hetero) is 1. The molecule has 1 heterocycles. The molecule has 3 aromatic rings. The number of nitrogens with one attached hydrogen (secondary N) is 1. The normalized spacial score (nSPS) is 15.4. The number of ketones is 1. The maximum atomic E-state index is 12.1. The molecule has 1 amide bonds. The number of rotatable bonds is 9. The van der Waals surface area contributed by atoms with Crippen LogP contribution in [-0.2, 0) is 4.79 Å². The molecule has 0 spiro atoms. The molecule has 1 fully saturated rings. The first-order valence-electron chi connectivity index (χ1n) is 12.9. The third kappa shape index (κ3) is 6.61. The van der Waals surface area contributed by atoms with Gasteiger partial charge in [0.15, 0.2) is 5.78 Å². The van der Waals surface area contributed by atoms with Crippen LogP contribution in [0.3, 0.4) is 0 Å². The van der Waals surface area contributed by atoms with Gasteiger partial charge in [-0.25, -0.2) is 0 Å². The van der Waals surface area contributed by atoms with Crippen molar-refractivity contribution in [3.05, 3.63) is 95.6 Å². The molecule has 5 nitrogen and oxygen atoms in total. The Bertz CT molecular complexity index is 1170. The summed E-state index contributed by atoms with van der Waals surface area (Å²) in [6.45, 7) is 8.07. The van der Waals surface area contributed by atoms with Crippen molar-refractivity contribution in [2.45, 2.75) is 45.6 Å². The highest BCUT2D eigenvalue weighted by atomic mass is 16.5. The quantitative estimate of drug-likeness (QED) is 0.353. The molecule has 188 valence electrons. The second-order valence-electron chi connectivity index (χ2n) is 9.91. The molecule has 0 radical (unpaired) electrons. The van der Waals surface area contributed by atoms with E-state index in [-0.39, 0.29) is 23.7 Å². The van der Waals surface area contributed by atoms with Crippen LogP contribution in [0.1, 0.15) is 67.1 Å². The number of benzene rings is 3. The average Bonchev–Trinajstić information content (AvgIpc) is 2.89. The fourth-order valence-corrected chi connectivity index (χ4v) is 4.73. The minimum atomic E-state index is -0.169. The van der Waals surface area contributed by atoms with Gasteiger partial charge in [-0.15, -0.1) is 0 Å². The van der Waals surface area contributed by atoms with E-state index in [0.29, 0.717) is 17.2 Å². The van der Waals surface area contributed by atoms with Crippen LogP contribution in [0.2, 0.25) is 0 Å². The third-order valence-electron chi connectivity index (χ3n) is 6.87. The number of hydrogen-bond donors (Lipinski definition) is 1. The Hall–Kier alpha value is -3.44. The first-order valence-corrected chi connectivity index (χ1v) is 12.9. The zero-order chi connectivity index (χ0) is 25.5. The van der Waals surface area contributed by atoms with Crippen molar-refractivity contribution < 1.29 is 14.3 Å². The lowest BCUT2D eigenvalue weighted by Gasteiger charge is -2.35. The molecule has 4 rings (SSSR count). The number of likely N-dealkylation sites (tertiary alicyclic amines) is 1. The second-order valence-corrected chi connectivity index (χ2v) is 9.91. The Morgan fingerprint density at radius 1 is 0.944 bits per heavy atom. The molecule has 0 aromatic heterocycles.